The fourth-order valence-electron chi connectivity index (χ4n) is 2.85. The Kier molecular flexibility index (Phi) is 4.91. The summed E-state index contributed by atoms with van der Waals surface area (Å²) in [7, 11) is 0. The van der Waals surface area contributed by atoms with Gasteiger partial charge < -0.3 is 10.5 Å². The van der Waals surface area contributed by atoms with Gasteiger partial charge in [-0.15, -0.1) is 0 Å². The molecule has 1 aliphatic rings. The van der Waals surface area contributed by atoms with E-state index in [0.717, 1.165) is 6.07 Å². The molecule has 6 heteroatoms. The monoisotopic (exact) mass is 302 g/mol. The molecule has 2 N–H and O–H groups in total. The summed E-state index contributed by atoms with van der Waals surface area (Å²) in [5.74, 6) is 0. The third-order valence-electron chi connectivity index (χ3n) is 3.90. The molecular weight excluding hydrogens is 281 g/mol. The first-order chi connectivity index (χ1) is 9.84. The maximum atomic E-state index is 13.2. The van der Waals surface area contributed by atoms with Crippen molar-refractivity contribution in [1.82, 2.24) is 4.90 Å². The van der Waals surface area contributed by atoms with E-state index in [9.17, 15) is 13.2 Å². The van der Waals surface area contributed by atoms with Crippen molar-refractivity contribution in [3.63, 3.8) is 0 Å². The van der Waals surface area contributed by atoms with Gasteiger partial charge in [-0.1, -0.05) is 18.2 Å². The molecule has 0 saturated carbocycles. The molecule has 21 heavy (non-hydrogen) atoms. The number of rotatable bonds is 3. The summed E-state index contributed by atoms with van der Waals surface area (Å²) >= 11 is 0. The molecule has 0 bridgehead atoms. The van der Waals surface area contributed by atoms with Gasteiger partial charge in [0.25, 0.3) is 0 Å². The van der Waals surface area contributed by atoms with Gasteiger partial charge in [-0.3, -0.25) is 4.90 Å². The molecular formula is C15H21F3N2O. The van der Waals surface area contributed by atoms with Crippen LogP contribution in [-0.2, 0) is 10.9 Å². The summed E-state index contributed by atoms with van der Waals surface area (Å²) in [6, 6.07) is 5.26. The van der Waals surface area contributed by atoms with Crippen molar-refractivity contribution in [2.45, 2.75) is 38.2 Å². The van der Waals surface area contributed by atoms with Crippen molar-refractivity contribution in [1.29, 1.82) is 0 Å². The molecule has 0 spiro atoms. The highest BCUT2D eigenvalue weighted by Gasteiger charge is 2.38. The number of ether oxygens (including phenoxy) is 1. The number of benzene rings is 1. The van der Waals surface area contributed by atoms with E-state index < -0.39 is 17.8 Å². The topological polar surface area (TPSA) is 38.5 Å². The average Bonchev–Trinajstić information content (AvgIpc) is 2.43. The number of nitrogens with zero attached hydrogens (tertiary/aromatic N) is 1. The van der Waals surface area contributed by atoms with Gasteiger partial charge in [0.1, 0.15) is 0 Å². The molecule has 1 heterocycles. The Hall–Kier alpha value is -1.11. The first-order valence-corrected chi connectivity index (χ1v) is 7.08. The SMILES string of the molecule is CC1CN(C(CN)c2ccccc2C(F)(F)F)C(C)CO1. The van der Waals surface area contributed by atoms with Gasteiger partial charge in [0, 0.05) is 25.2 Å². The maximum absolute atomic E-state index is 13.2. The van der Waals surface area contributed by atoms with Crippen LogP contribution >= 0.6 is 0 Å². The second kappa shape index (κ2) is 6.34. The molecule has 2 rings (SSSR count). The van der Waals surface area contributed by atoms with Crippen LogP contribution in [0.2, 0.25) is 0 Å². The average molecular weight is 302 g/mol. The van der Waals surface area contributed by atoms with Gasteiger partial charge in [-0.25, -0.2) is 0 Å². The fraction of sp³-hybridized carbons (Fsp3) is 0.600. The summed E-state index contributed by atoms with van der Waals surface area (Å²) in [4.78, 5) is 2.01. The van der Waals surface area contributed by atoms with E-state index in [-0.39, 0.29) is 24.3 Å². The molecule has 1 aliphatic heterocycles. The molecule has 1 fully saturated rings. The van der Waals surface area contributed by atoms with Crippen molar-refractivity contribution in [2.24, 2.45) is 5.73 Å². The summed E-state index contributed by atoms with van der Waals surface area (Å²) in [6.45, 7) is 5.10. The molecule has 0 amide bonds. The zero-order valence-electron chi connectivity index (χ0n) is 12.2. The molecule has 1 saturated heterocycles. The number of alkyl halides is 3. The smallest absolute Gasteiger partial charge is 0.376 e. The summed E-state index contributed by atoms with van der Waals surface area (Å²) < 4.78 is 45.1. The second-order valence-corrected chi connectivity index (χ2v) is 5.53. The largest absolute Gasteiger partial charge is 0.416 e. The fourth-order valence-corrected chi connectivity index (χ4v) is 2.85. The van der Waals surface area contributed by atoms with Crippen LogP contribution in [0, 0.1) is 0 Å². The molecule has 3 atom stereocenters. The van der Waals surface area contributed by atoms with Gasteiger partial charge in [0.05, 0.1) is 18.3 Å². The van der Waals surface area contributed by atoms with Gasteiger partial charge in [0.15, 0.2) is 0 Å². The van der Waals surface area contributed by atoms with Gasteiger partial charge in [-0.2, -0.15) is 13.2 Å². The Morgan fingerprint density at radius 2 is 2.00 bits per heavy atom. The van der Waals surface area contributed by atoms with E-state index in [1.54, 1.807) is 6.07 Å². The lowest BCUT2D eigenvalue weighted by Gasteiger charge is -2.42. The van der Waals surface area contributed by atoms with Crippen LogP contribution in [0.3, 0.4) is 0 Å². The minimum atomic E-state index is -4.37. The zero-order chi connectivity index (χ0) is 15.6. The zero-order valence-corrected chi connectivity index (χ0v) is 12.2. The Morgan fingerprint density at radius 1 is 1.33 bits per heavy atom. The Bertz CT molecular complexity index is 478. The maximum Gasteiger partial charge on any atom is 0.416 e. The minimum Gasteiger partial charge on any atom is -0.376 e. The quantitative estimate of drug-likeness (QED) is 0.933. The standard InChI is InChI=1S/C15H21F3N2O/c1-10-9-21-11(2)8-20(10)14(7-19)12-5-3-4-6-13(12)15(16,17)18/h3-6,10-11,14H,7-9,19H2,1-2H3. The van der Waals surface area contributed by atoms with Crippen LogP contribution in [0.4, 0.5) is 13.2 Å². The first kappa shape index (κ1) is 16.3. The number of nitrogens with two attached hydrogens (primary N) is 1. The van der Waals surface area contributed by atoms with Crippen molar-refractivity contribution in [3.8, 4) is 0 Å². The van der Waals surface area contributed by atoms with E-state index in [1.807, 2.05) is 18.7 Å². The molecule has 0 radical (unpaired) electrons. The third kappa shape index (κ3) is 3.56. The highest BCUT2D eigenvalue weighted by Crippen LogP contribution is 2.37. The van der Waals surface area contributed by atoms with Crippen molar-refractivity contribution in [2.75, 3.05) is 19.7 Å². The molecule has 118 valence electrons. The number of morpholine rings is 1. The summed E-state index contributed by atoms with van der Waals surface area (Å²) in [5, 5.41) is 0. The van der Waals surface area contributed by atoms with E-state index in [2.05, 4.69) is 0 Å². The molecule has 1 aromatic rings. The normalized spacial score (nSPS) is 25.8. The predicted molar refractivity (Wildman–Crippen MR) is 74.8 cm³/mol. The molecule has 3 nitrogen and oxygen atoms in total. The van der Waals surface area contributed by atoms with Crippen molar-refractivity contribution < 1.29 is 17.9 Å². The number of halogens is 3. The van der Waals surface area contributed by atoms with Crippen LogP contribution in [0.25, 0.3) is 0 Å². The molecule has 3 unspecified atom stereocenters. The Balaban J connectivity index is 2.37. The van der Waals surface area contributed by atoms with E-state index in [4.69, 9.17) is 10.5 Å². The van der Waals surface area contributed by atoms with Gasteiger partial charge in [0.2, 0.25) is 0 Å². The first-order valence-electron chi connectivity index (χ1n) is 7.08. The highest BCUT2D eigenvalue weighted by atomic mass is 19.4. The van der Waals surface area contributed by atoms with Crippen LogP contribution < -0.4 is 5.73 Å². The lowest BCUT2D eigenvalue weighted by atomic mass is 9.96. The lowest BCUT2D eigenvalue weighted by Crippen LogP contribution is -2.50. The predicted octanol–water partition coefficient (Wildman–Crippen LogP) is 2.81. The molecule has 0 aromatic heterocycles. The van der Waals surface area contributed by atoms with Gasteiger partial charge >= 0.3 is 6.18 Å². The van der Waals surface area contributed by atoms with Crippen LogP contribution in [0.5, 0.6) is 0 Å². The number of hydrogen-bond acceptors (Lipinski definition) is 3. The van der Waals surface area contributed by atoms with Crippen molar-refractivity contribution >= 4 is 0 Å². The van der Waals surface area contributed by atoms with E-state index in [0.29, 0.717) is 13.2 Å². The van der Waals surface area contributed by atoms with Crippen LogP contribution in [-0.4, -0.2) is 36.7 Å². The van der Waals surface area contributed by atoms with Crippen LogP contribution in [0.15, 0.2) is 24.3 Å². The van der Waals surface area contributed by atoms with E-state index >= 15 is 0 Å². The molecule has 1 aromatic carbocycles. The van der Waals surface area contributed by atoms with Crippen molar-refractivity contribution in [3.05, 3.63) is 35.4 Å². The molecule has 0 aliphatic carbocycles. The third-order valence-corrected chi connectivity index (χ3v) is 3.90. The second-order valence-electron chi connectivity index (χ2n) is 5.53. The Labute approximate surface area is 122 Å². The summed E-state index contributed by atoms with van der Waals surface area (Å²) in [6.07, 6.45) is -4.38. The van der Waals surface area contributed by atoms with Gasteiger partial charge in [-0.05, 0) is 25.5 Å². The summed E-state index contributed by atoms with van der Waals surface area (Å²) in [5.41, 5.74) is 5.44. The Morgan fingerprint density at radius 3 is 2.62 bits per heavy atom. The van der Waals surface area contributed by atoms with E-state index in [1.165, 1.54) is 12.1 Å². The lowest BCUT2D eigenvalue weighted by molar-refractivity contribution is -0.139. The number of hydrogen-bond donors (Lipinski definition) is 1. The van der Waals surface area contributed by atoms with Crippen LogP contribution in [0.1, 0.15) is 31.0 Å². The minimum absolute atomic E-state index is 0.00620. The highest BCUT2D eigenvalue weighted by molar-refractivity contribution is 5.33.